The van der Waals surface area contributed by atoms with Gasteiger partial charge in [-0.3, -0.25) is 4.79 Å². The Bertz CT molecular complexity index is 687. The zero-order valence-electron chi connectivity index (χ0n) is 11.4. The summed E-state index contributed by atoms with van der Waals surface area (Å²) in [6.07, 6.45) is 3.77. The minimum absolute atomic E-state index is 0.116. The molecule has 0 aliphatic rings. The molecule has 2 atom stereocenters. The van der Waals surface area contributed by atoms with Gasteiger partial charge in [-0.05, 0) is 21.8 Å². The molecule has 0 aliphatic carbocycles. The molecule has 1 amide bonds. The van der Waals surface area contributed by atoms with E-state index in [0.29, 0.717) is 10.9 Å². The SMILES string of the molecule is CC[C@H](C)[C@H](NC(=O)c1nc2ncc(Br)cn2n1)C(=O)O. The van der Waals surface area contributed by atoms with E-state index in [1.54, 1.807) is 13.1 Å². The molecule has 0 unspecified atom stereocenters. The zero-order chi connectivity index (χ0) is 15.6. The number of amides is 1. The molecule has 0 fully saturated rings. The third-order valence-electron chi connectivity index (χ3n) is 3.13. The van der Waals surface area contributed by atoms with Gasteiger partial charge in [0.25, 0.3) is 11.7 Å². The monoisotopic (exact) mass is 355 g/mol. The van der Waals surface area contributed by atoms with Crippen molar-refractivity contribution < 1.29 is 14.7 Å². The molecule has 9 heteroatoms. The van der Waals surface area contributed by atoms with Crippen molar-refractivity contribution >= 4 is 33.6 Å². The normalized spacial score (nSPS) is 13.9. The average Bonchev–Trinajstić information content (AvgIpc) is 2.86. The Morgan fingerprint density at radius 2 is 2.24 bits per heavy atom. The molecule has 21 heavy (non-hydrogen) atoms. The quantitative estimate of drug-likeness (QED) is 0.831. The van der Waals surface area contributed by atoms with Gasteiger partial charge >= 0.3 is 5.97 Å². The highest BCUT2D eigenvalue weighted by atomic mass is 79.9. The van der Waals surface area contributed by atoms with Gasteiger partial charge in [-0.1, -0.05) is 20.3 Å². The Balaban J connectivity index is 2.23. The molecule has 112 valence electrons. The number of carbonyl (C=O) groups excluding carboxylic acids is 1. The minimum atomic E-state index is -1.08. The first kappa shape index (κ1) is 15.4. The second-order valence-corrected chi connectivity index (χ2v) is 5.54. The van der Waals surface area contributed by atoms with Crippen molar-refractivity contribution in [3.63, 3.8) is 0 Å². The van der Waals surface area contributed by atoms with Crippen molar-refractivity contribution in [1.29, 1.82) is 0 Å². The van der Waals surface area contributed by atoms with Gasteiger partial charge < -0.3 is 10.4 Å². The lowest BCUT2D eigenvalue weighted by Gasteiger charge is -2.19. The lowest BCUT2D eigenvalue weighted by molar-refractivity contribution is -0.140. The molecule has 0 spiro atoms. The van der Waals surface area contributed by atoms with Crippen molar-refractivity contribution in [2.75, 3.05) is 0 Å². The summed E-state index contributed by atoms with van der Waals surface area (Å²) >= 11 is 3.24. The van der Waals surface area contributed by atoms with E-state index < -0.39 is 17.9 Å². The topological polar surface area (TPSA) is 109 Å². The Morgan fingerprint density at radius 3 is 2.86 bits per heavy atom. The number of aromatic nitrogens is 4. The summed E-state index contributed by atoms with van der Waals surface area (Å²) in [5.74, 6) is -1.77. The van der Waals surface area contributed by atoms with E-state index in [0.717, 1.165) is 0 Å². The van der Waals surface area contributed by atoms with Gasteiger partial charge in [-0.2, -0.15) is 4.98 Å². The molecule has 2 aromatic heterocycles. The van der Waals surface area contributed by atoms with E-state index in [-0.39, 0.29) is 17.5 Å². The van der Waals surface area contributed by atoms with Crippen LogP contribution in [0.4, 0.5) is 0 Å². The number of carbonyl (C=O) groups is 2. The fourth-order valence-corrected chi connectivity index (χ4v) is 2.04. The first-order valence-electron chi connectivity index (χ1n) is 6.34. The van der Waals surface area contributed by atoms with E-state index in [4.69, 9.17) is 5.11 Å². The second-order valence-electron chi connectivity index (χ2n) is 4.63. The third-order valence-corrected chi connectivity index (χ3v) is 3.54. The maximum Gasteiger partial charge on any atom is 0.326 e. The van der Waals surface area contributed by atoms with Gasteiger partial charge in [0.1, 0.15) is 6.04 Å². The highest BCUT2D eigenvalue weighted by Crippen LogP contribution is 2.10. The van der Waals surface area contributed by atoms with Crippen LogP contribution in [0.3, 0.4) is 0 Å². The second kappa shape index (κ2) is 6.17. The fraction of sp³-hybridized carbons (Fsp3) is 0.417. The van der Waals surface area contributed by atoms with E-state index in [9.17, 15) is 9.59 Å². The molecule has 0 saturated carbocycles. The van der Waals surface area contributed by atoms with Crippen molar-refractivity contribution in [1.82, 2.24) is 24.9 Å². The van der Waals surface area contributed by atoms with Crippen LogP contribution in [0.2, 0.25) is 0 Å². The van der Waals surface area contributed by atoms with Gasteiger partial charge in [-0.15, -0.1) is 5.10 Å². The maximum atomic E-state index is 12.1. The van der Waals surface area contributed by atoms with Crippen LogP contribution in [0.5, 0.6) is 0 Å². The van der Waals surface area contributed by atoms with Gasteiger partial charge in [-0.25, -0.2) is 14.3 Å². The van der Waals surface area contributed by atoms with Gasteiger partial charge in [0.2, 0.25) is 5.82 Å². The predicted molar refractivity (Wildman–Crippen MR) is 76.8 cm³/mol. The van der Waals surface area contributed by atoms with Crippen LogP contribution in [-0.4, -0.2) is 42.6 Å². The smallest absolute Gasteiger partial charge is 0.326 e. The van der Waals surface area contributed by atoms with Gasteiger partial charge in [0, 0.05) is 12.4 Å². The van der Waals surface area contributed by atoms with Crippen LogP contribution >= 0.6 is 15.9 Å². The molecule has 2 N–H and O–H groups in total. The number of rotatable bonds is 5. The number of halogens is 1. The molecular weight excluding hydrogens is 342 g/mol. The number of fused-ring (bicyclic) bond motifs is 1. The molecule has 0 bridgehead atoms. The van der Waals surface area contributed by atoms with Crippen LogP contribution in [0, 0.1) is 5.92 Å². The van der Waals surface area contributed by atoms with Crippen molar-refractivity contribution in [2.24, 2.45) is 5.92 Å². The summed E-state index contributed by atoms with van der Waals surface area (Å²) in [6, 6.07) is -0.978. The lowest BCUT2D eigenvalue weighted by Crippen LogP contribution is -2.45. The van der Waals surface area contributed by atoms with Gasteiger partial charge in [0.15, 0.2) is 0 Å². The first-order chi connectivity index (χ1) is 9.92. The van der Waals surface area contributed by atoms with E-state index >= 15 is 0 Å². The number of hydrogen-bond acceptors (Lipinski definition) is 5. The third kappa shape index (κ3) is 3.35. The van der Waals surface area contributed by atoms with Gasteiger partial charge in [0.05, 0.1) is 4.47 Å². The molecule has 8 nitrogen and oxygen atoms in total. The van der Waals surface area contributed by atoms with Crippen LogP contribution in [0.1, 0.15) is 30.9 Å². The molecule has 0 aromatic carbocycles. The number of carboxylic acids is 1. The molecule has 0 saturated heterocycles. The summed E-state index contributed by atoms with van der Waals surface area (Å²) in [4.78, 5) is 31.2. The highest BCUT2D eigenvalue weighted by Gasteiger charge is 2.27. The lowest BCUT2D eigenvalue weighted by atomic mass is 9.99. The minimum Gasteiger partial charge on any atom is -0.480 e. The predicted octanol–water partition coefficient (Wildman–Crippen LogP) is 1.12. The standard InChI is InChI=1S/C12H14BrN5O3/c1-3-6(2)8(11(20)21)15-10(19)9-16-12-14-4-7(13)5-18(12)17-9/h4-6,8H,3H2,1-2H3,(H,15,19)(H,20,21)/t6-,8-/m0/s1. The zero-order valence-corrected chi connectivity index (χ0v) is 13.0. The molecule has 2 heterocycles. The average molecular weight is 356 g/mol. The van der Waals surface area contributed by atoms with Crippen LogP contribution in [0.25, 0.3) is 5.78 Å². The van der Waals surface area contributed by atoms with Crippen LogP contribution in [-0.2, 0) is 4.79 Å². The van der Waals surface area contributed by atoms with Crippen molar-refractivity contribution in [2.45, 2.75) is 26.3 Å². The summed E-state index contributed by atoms with van der Waals surface area (Å²) in [5, 5.41) is 15.6. The molecular formula is C12H14BrN5O3. The summed E-state index contributed by atoms with van der Waals surface area (Å²) in [7, 11) is 0. The van der Waals surface area contributed by atoms with Crippen molar-refractivity contribution in [3.05, 3.63) is 22.7 Å². The summed E-state index contributed by atoms with van der Waals surface area (Å²) in [5.41, 5.74) is 0. The number of carboxylic acid groups (broad SMARTS) is 1. The fourth-order valence-electron chi connectivity index (χ4n) is 1.74. The molecule has 0 aliphatic heterocycles. The molecule has 2 rings (SSSR count). The van der Waals surface area contributed by atoms with Crippen LogP contribution < -0.4 is 5.32 Å². The van der Waals surface area contributed by atoms with E-state index in [1.807, 2.05) is 6.92 Å². The first-order valence-corrected chi connectivity index (χ1v) is 7.13. The summed E-state index contributed by atoms with van der Waals surface area (Å²) in [6.45, 7) is 3.62. The summed E-state index contributed by atoms with van der Waals surface area (Å²) < 4.78 is 2.03. The van der Waals surface area contributed by atoms with E-state index in [1.165, 1.54) is 10.7 Å². The maximum absolute atomic E-state index is 12.1. The Kier molecular flexibility index (Phi) is 4.51. The van der Waals surface area contributed by atoms with Crippen molar-refractivity contribution in [3.8, 4) is 0 Å². The Labute approximate surface area is 128 Å². The largest absolute Gasteiger partial charge is 0.480 e. The number of hydrogen-bond donors (Lipinski definition) is 2. The Morgan fingerprint density at radius 1 is 1.52 bits per heavy atom. The van der Waals surface area contributed by atoms with Crippen LogP contribution in [0.15, 0.2) is 16.9 Å². The number of nitrogens with zero attached hydrogens (tertiary/aromatic N) is 4. The number of aliphatic carboxylic acids is 1. The molecule has 0 radical (unpaired) electrons. The molecule has 2 aromatic rings. The Hall–Kier alpha value is -2.03. The highest BCUT2D eigenvalue weighted by molar-refractivity contribution is 9.10. The number of nitrogens with one attached hydrogen (secondary N) is 1. The van der Waals surface area contributed by atoms with E-state index in [2.05, 4.69) is 36.3 Å².